The Kier molecular flexibility index (Phi) is 12.3. The van der Waals surface area contributed by atoms with Crippen LogP contribution in [0.3, 0.4) is 0 Å². The fraction of sp³-hybridized carbons (Fsp3) is 0.419. The van der Waals surface area contributed by atoms with Gasteiger partial charge in [0.2, 0.25) is 15.9 Å². The number of carbonyl (C=O) groups excluding carboxylic acids is 2. The molecule has 0 aliphatic rings. The van der Waals surface area contributed by atoms with Gasteiger partial charge in [-0.2, -0.15) is 4.31 Å². The molecule has 0 saturated heterocycles. The first-order valence-corrected chi connectivity index (χ1v) is 15.7. The van der Waals surface area contributed by atoms with Crippen LogP contribution >= 0.6 is 0 Å². The molecule has 0 aromatic heterocycles. The number of aliphatic hydroxyl groups excluding tert-OH is 1. The Bertz CT molecular complexity index is 1500. The molecule has 0 bridgehead atoms. The number of nitrogens with two attached hydrogens (primary N) is 1. The first kappa shape index (κ1) is 33.8. The van der Waals surface area contributed by atoms with E-state index in [1.807, 2.05) is 56.3 Å². The summed E-state index contributed by atoms with van der Waals surface area (Å²) in [6.07, 6.45) is 0.709. The smallest absolute Gasteiger partial charge is 0.406 e. The Morgan fingerprint density at radius 1 is 1.02 bits per heavy atom. The zero-order valence-corrected chi connectivity index (χ0v) is 25.6. The van der Waals surface area contributed by atoms with Gasteiger partial charge in [-0.25, -0.2) is 17.6 Å². The fourth-order valence-corrected chi connectivity index (χ4v) is 6.64. The quantitative estimate of drug-likeness (QED) is 0.149. The number of sulfonamides is 1. The monoisotopic (exact) mass is 616 g/mol. The Hall–Kier alpha value is -3.74. The van der Waals surface area contributed by atoms with E-state index in [4.69, 9.17) is 5.73 Å². The molecular weight excluding hydrogens is 575 g/mol. The van der Waals surface area contributed by atoms with Crippen molar-refractivity contribution in [2.24, 2.45) is 5.92 Å². The van der Waals surface area contributed by atoms with Crippen LogP contribution in [0.1, 0.15) is 44.6 Å². The number of nitrogens with zero attached hydrogens (tertiary/aromatic N) is 1. The van der Waals surface area contributed by atoms with Crippen molar-refractivity contribution >= 4 is 38.5 Å². The van der Waals surface area contributed by atoms with Gasteiger partial charge in [-0.05, 0) is 53.3 Å². The summed E-state index contributed by atoms with van der Waals surface area (Å²) in [4.78, 5) is 24.7. The number of rotatable bonds is 15. The van der Waals surface area contributed by atoms with Crippen LogP contribution < -0.4 is 16.4 Å². The maximum atomic E-state index is 14.1. The summed E-state index contributed by atoms with van der Waals surface area (Å²) in [5, 5.41) is 17.7. The average molecular weight is 617 g/mol. The van der Waals surface area contributed by atoms with Gasteiger partial charge in [0.05, 0.1) is 30.2 Å². The van der Waals surface area contributed by atoms with Crippen LogP contribution in [0.2, 0.25) is 0 Å². The number of carbonyl (C=O) groups is 2. The Balaban J connectivity index is 1.65. The van der Waals surface area contributed by atoms with Gasteiger partial charge in [0, 0.05) is 25.7 Å². The molecule has 2 amide bonds. The van der Waals surface area contributed by atoms with E-state index in [-0.39, 0.29) is 35.5 Å². The second-order valence-electron chi connectivity index (χ2n) is 10.8. The highest BCUT2D eigenvalue weighted by molar-refractivity contribution is 7.89. The standard InChI is InChI=1S/C31H41FN4O6S/c1-21(2)19-36(43(40,41)26-13-14-29(33)28(32)17-26)25(20-37)10-6-7-15-34-30(38)27(18-35-31(39)42-3)24-12-11-22-8-4-5-9-23(22)16-24/h4-5,8-9,11-14,16-17,21,25,27,37H,6-7,10,15,18-20,33H2,1-3H3,(H,34,38)(H,35,39). The number of fused-ring (bicyclic) bond motifs is 1. The van der Waals surface area contributed by atoms with Gasteiger partial charge in [0.15, 0.2) is 0 Å². The minimum Gasteiger partial charge on any atom is -0.453 e. The SMILES string of the molecule is COC(=O)NCC(C(=O)NCCCCC(CO)N(CC(C)C)S(=O)(=O)c1ccc(N)c(F)c1)c1ccc2ccccc2c1. The number of alkyl carbamates (subject to hydrolysis) is 1. The van der Waals surface area contributed by atoms with Gasteiger partial charge >= 0.3 is 6.09 Å². The third-order valence-corrected chi connectivity index (χ3v) is 9.05. The number of methoxy groups -OCH3 is 1. The third kappa shape index (κ3) is 9.12. The molecule has 0 aliphatic carbocycles. The summed E-state index contributed by atoms with van der Waals surface area (Å²) in [5.41, 5.74) is 6.11. The molecule has 5 N–H and O–H groups in total. The van der Waals surface area contributed by atoms with Gasteiger partial charge in [-0.3, -0.25) is 4.79 Å². The highest BCUT2D eigenvalue weighted by atomic mass is 32.2. The number of amides is 2. The van der Waals surface area contributed by atoms with Crippen LogP contribution in [-0.4, -0.2) is 69.2 Å². The van der Waals surface area contributed by atoms with Crippen molar-refractivity contribution in [1.29, 1.82) is 0 Å². The molecule has 43 heavy (non-hydrogen) atoms. The number of hydrogen-bond acceptors (Lipinski definition) is 7. The molecular formula is C31H41FN4O6S. The minimum absolute atomic E-state index is 0.0389. The van der Waals surface area contributed by atoms with Crippen LogP contribution in [0.4, 0.5) is 14.9 Å². The summed E-state index contributed by atoms with van der Waals surface area (Å²) in [5.74, 6) is -1.82. The molecule has 0 saturated carbocycles. The van der Waals surface area contributed by atoms with Crippen LogP contribution in [0.25, 0.3) is 10.8 Å². The number of ether oxygens (including phenoxy) is 1. The molecule has 3 aromatic carbocycles. The lowest BCUT2D eigenvalue weighted by atomic mass is 9.95. The van der Waals surface area contributed by atoms with E-state index in [1.54, 1.807) is 0 Å². The lowest BCUT2D eigenvalue weighted by molar-refractivity contribution is -0.122. The zero-order valence-electron chi connectivity index (χ0n) is 24.8. The molecule has 0 spiro atoms. The number of anilines is 1. The summed E-state index contributed by atoms with van der Waals surface area (Å²) in [6, 6.07) is 16.1. The van der Waals surface area contributed by atoms with E-state index < -0.39 is 40.5 Å². The predicted octanol–water partition coefficient (Wildman–Crippen LogP) is 4.00. The first-order chi connectivity index (χ1) is 20.5. The van der Waals surface area contributed by atoms with Crippen molar-refractivity contribution < 1.29 is 32.2 Å². The normalized spacial score (nSPS) is 13.2. The molecule has 10 nitrogen and oxygen atoms in total. The van der Waals surface area contributed by atoms with E-state index in [9.17, 15) is 27.5 Å². The maximum absolute atomic E-state index is 14.1. The lowest BCUT2D eigenvalue weighted by Gasteiger charge is -2.31. The Morgan fingerprint density at radius 2 is 1.74 bits per heavy atom. The van der Waals surface area contributed by atoms with Gasteiger partial charge in [-0.15, -0.1) is 0 Å². The highest BCUT2D eigenvalue weighted by Crippen LogP contribution is 2.25. The Labute approximate surface area is 252 Å². The number of benzene rings is 3. The number of nitrogen functional groups attached to an aromatic ring is 1. The molecule has 12 heteroatoms. The lowest BCUT2D eigenvalue weighted by Crippen LogP contribution is -2.44. The number of aliphatic hydroxyl groups is 1. The molecule has 2 atom stereocenters. The second-order valence-corrected chi connectivity index (χ2v) is 12.7. The molecule has 234 valence electrons. The molecule has 0 fully saturated rings. The largest absolute Gasteiger partial charge is 0.453 e. The molecule has 0 heterocycles. The number of hydrogen-bond donors (Lipinski definition) is 4. The molecule has 0 aliphatic heterocycles. The van der Waals surface area contributed by atoms with Crippen molar-refractivity contribution in [3.05, 3.63) is 72.0 Å². The number of unbranched alkanes of at least 4 members (excludes halogenated alkanes) is 1. The van der Waals surface area contributed by atoms with E-state index in [0.29, 0.717) is 25.8 Å². The first-order valence-electron chi connectivity index (χ1n) is 14.2. The van der Waals surface area contributed by atoms with Crippen molar-refractivity contribution in [2.75, 3.05) is 39.1 Å². The van der Waals surface area contributed by atoms with Gasteiger partial charge < -0.3 is 26.2 Å². The van der Waals surface area contributed by atoms with E-state index >= 15 is 0 Å². The average Bonchev–Trinajstić information content (AvgIpc) is 2.99. The molecule has 3 aromatic rings. The number of nitrogens with one attached hydrogen (secondary N) is 2. The predicted molar refractivity (Wildman–Crippen MR) is 164 cm³/mol. The second kappa shape index (κ2) is 15.6. The van der Waals surface area contributed by atoms with E-state index in [1.165, 1.54) is 23.5 Å². The number of halogens is 1. The topological polar surface area (TPSA) is 151 Å². The van der Waals surface area contributed by atoms with Crippen molar-refractivity contribution in [3.8, 4) is 0 Å². The molecule has 3 rings (SSSR count). The summed E-state index contributed by atoms with van der Waals surface area (Å²) >= 11 is 0. The van der Waals surface area contributed by atoms with Crippen LogP contribution in [-0.2, 0) is 19.6 Å². The van der Waals surface area contributed by atoms with Crippen LogP contribution in [0.5, 0.6) is 0 Å². The maximum Gasteiger partial charge on any atom is 0.406 e. The summed E-state index contributed by atoms with van der Waals surface area (Å²) in [6.45, 7) is 3.78. The van der Waals surface area contributed by atoms with Crippen molar-refractivity contribution in [3.63, 3.8) is 0 Å². The van der Waals surface area contributed by atoms with Crippen LogP contribution in [0.15, 0.2) is 65.6 Å². The van der Waals surface area contributed by atoms with Crippen molar-refractivity contribution in [2.45, 2.75) is 50.0 Å². The van der Waals surface area contributed by atoms with E-state index in [0.717, 1.165) is 22.4 Å². The van der Waals surface area contributed by atoms with E-state index in [2.05, 4.69) is 15.4 Å². The van der Waals surface area contributed by atoms with Gasteiger partial charge in [0.1, 0.15) is 5.82 Å². The van der Waals surface area contributed by atoms with Gasteiger partial charge in [0.25, 0.3) is 0 Å². The molecule has 2 unspecified atom stereocenters. The zero-order chi connectivity index (χ0) is 31.6. The third-order valence-electron chi connectivity index (χ3n) is 7.13. The van der Waals surface area contributed by atoms with Crippen LogP contribution in [0, 0.1) is 11.7 Å². The Morgan fingerprint density at radius 3 is 2.40 bits per heavy atom. The fourth-order valence-electron chi connectivity index (χ4n) is 4.82. The minimum atomic E-state index is -4.11. The summed E-state index contributed by atoms with van der Waals surface area (Å²) < 4.78 is 46.9. The van der Waals surface area contributed by atoms with Gasteiger partial charge in [-0.1, -0.05) is 62.7 Å². The highest BCUT2D eigenvalue weighted by Gasteiger charge is 2.32. The summed E-state index contributed by atoms with van der Waals surface area (Å²) in [7, 11) is -2.86. The van der Waals surface area contributed by atoms with Crippen molar-refractivity contribution in [1.82, 2.24) is 14.9 Å². The molecule has 0 radical (unpaired) electrons.